The van der Waals surface area contributed by atoms with E-state index in [-0.39, 0.29) is 9.90 Å². The van der Waals surface area contributed by atoms with Crippen LogP contribution in [0.25, 0.3) is 0 Å². The monoisotopic (exact) mass is 424 g/mol. The molecule has 0 radical (unpaired) electrons. The molecule has 2 aromatic rings. The van der Waals surface area contributed by atoms with Crippen molar-refractivity contribution in [2.75, 3.05) is 22.3 Å². The van der Waals surface area contributed by atoms with Crippen molar-refractivity contribution in [1.29, 1.82) is 0 Å². The van der Waals surface area contributed by atoms with Crippen LogP contribution in [0.3, 0.4) is 0 Å². The van der Waals surface area contributed by atoms with Crippen molar-refractivity contribution < 1.29 is 16.8 Å². The highest BCUT2D eigenvalue weighted by Gasteiger charge is 2.18. The van der Waals surface area contributed by atoms with Crippen molar-refractivity contribution in [3.05, 3.63) is 40.2 Å². The normalized spacial score (nSPS) is 12.1. The van der Waals surface area contributed by atoms with Crippen LogP contribution >= 0.6 is 27.3 Å². The molecule has 1 aromatic carbocycles. The van der Waals surface area contributed by atoms with E-state index in [1.54, 1.807) is 24.3 Å². The quantitative estimate of drug-likeness (QED) is 0.799. The molecule has 0 aliphatic heterocycles. The Bertz CT molecular complexity index is 891. The molecule has 1 N–H and O–H groups in total. The number of anilines is 2. The molecule has 1 heterocycles. The van der Waals surface area contributed by atoms with Gasteiger partial charge in [0, 0.05) is 7.05 Å². The largest absolute Gasteiger partial charge is 0.279 e. The van der Waals surface area contributed by atoms with Crippen LogP contribution in [-0.2, 0) is 20.0 Å². The van der Waals surface area contributed by atoms with E-state index >= 15 is 0 Å². The third-order valence-electron chi connectivity index (χ3n) is 2.77. The number of halogens is 1. The van der Waals surface area contributed by atoms with Crippen LogP contribution in [-0.4, -0.2) is 30.1 Å². The second-order valence-corrected chi connectivity index (χ2v) is 10.8. The van der Waals surface area contributed by atoms with Gasteiger partial charge in [0.25, 0.3) is 10.0 Å². The van der Waals surface area contributed by atoms with Crippen molar-refractivity contribution in [3.8, 4) is 0 Å². The number of nitrogens with one attached hydrogen (secondary N) is 1. The maximum atomic E-state index is 12.2. The number of sulfonamides is 2. The van der Waals surface area contributed by atoms with Crippen molar-refractivity contribution in [1.82, 2.24) is 0 Å². The van der Waals surface area contributed by atoms with Gasteiger partial charge in [-0.15, -0.1) is 11.3 Å². The Labute approximate surface area is 142 Å². The smallest absolute Gasteiger partial charge is 0.271 e. The molecule has 22 heavy (non-hydrogen) atoms. The predicted octanol–water partition coefficient (Wildman–Crippen LogP) is 2.71. The number of benzene rings is 1. The molecule has 0 bridgehead atoms. The zero-order valence-corrected chi connectivity index (χ0v) is 15.7. The first-order chi connectivity index (χ1) is 10.1. The van der Waals surface area contributed by atoms with E-state index in [1.165, 1.54) is 19.2 Å². The maximum Gasteiger partial charge on any atom is 0.271 e. The van der Waals surface area contributed by atoms with E-state index in [2.05, 4.69) is 20.7 Å². The molecule has 10 heteroatoms. The van der Waals surface area contributed by atoms with Crippen LogP contribution < -0.4 is 9.03 Å². The molecule has 0 atom stereocenters. The lowest BCUT2D eigenvalue weighted by molar-refractivity contribution is 0.599. The van der Waals surface area contributed by atoms with Crippen LogP contribution in [0.2, 0.25) is 0 Å². The minimum atomic E-state index is -3.70. The molecule has 0 aliphatic rings. The van der Waals surface area contributed by atoms with Crippen molar-refractivity contribution >= 4 is 58.7 Å². The molecule has 0 amide bonds. The summed E-state index contributed by atoms with van der Waals surface area (Å²) in [7, 11) is -5.71. The summed E-state index contributed by atoms with van der Waals surface area (Å²) < 4.78 is 51.9. The highest BCUT2D eigenvalue weighted by molar-refractivity contribution is 9.11. The number of rotatable bonds is 5. The average molecular weight is 425 g/mol. The van der Waals surface area contributed by atoms with Gasteiger partial charge in [0.1, 0.15) is 4.21 Å². The Kier molecular flexibility index (Phi) is 4.85. The van der Waals surface area contributed by atoms with Crippen molar-refractivity contribution in [2.24, 2.45) is 0 Å². The minimum Gasteiger partial charge on any atom is -0.279 e. The van der Waals surface area contributed by atoms with E-state index in [1.807, 2.05) is 0 Å². The van der Waals surface area contributed by atoms with Gasteiger partial charge in [-0.05, 0) is 46.3 Å². The molecule has 2 rings (SSSR count). The molecule has 0 aliphatic carbocycles. The molecule has 0 unspecified atom stereocenters. The van der Waals surface area contributed by atoms with E-state index in [4.69, 9.17) is 0 Å². The topological polar surface area (TPSA) is 83.6 Å². The van der Waals surface area contributed by atoms with Gasteiger partial charge in [-0.3, -0.25) is 9.03 Å². The molecule has 1 aromatic heterocycles. The third kappa shape index (κ3) is 4.00. The van der Waals surface area contributed by atoms with Crippen LogP contribution in [0.1, 0.15) is 0 Å². The summed E-state index contributed by atoms with van der Waals surface area (Å²) in [4.78, 5) is 0. The lowest BCUT2D eigenvalue weighted by Crippen LogP contribution is -2.24. The molecule has 120 valence electrons. The van der Waals surface area contributed by atoms with Gasteiger partial charge in [0.05, 0.1) is 21.4 Å². The number of nitrogens with zero attached hydrogens (tertiary/aromatic N) is 1. The summed E-state index contributed by atoms with van der Waals surface area (Å²) in [6.07, 6.45) is 1.08. The lowest BCUT2D eigenvalue weighted by Gasteiger charge is -2.17. The molecule has 0 saturated carbocycles. The average Bonchev–Trinajstić information content (AvgIpc) is 2.84. The Hall–Kier alpha value is -1.10. The summed E-state index contributed by atoms with van der Waals surface area (Å²) in [5.74, 6) is 0. The molecular formula is C12H13BrN2O4S3. The van der Waals surface area contributed by atoms with E-state index in [9.17, 15) is 16.8 Å². The highest BCUT2D eigenvalue weighted by atomic mass is 79.9. The number of hydrogen-bond acceptors (Lipinski definition) is 5. The third-order valence-corrected chi connectivity index (χ3v) is 7.48. The Morgan fingerprint density at radius 1 is 1.14 bits per heavy atom. The van der Waals surface area contributed by atoms with Gasteiger partial charge < -0.3 is 0 Å². The van der Waals surface area contributed by atoms with Gasteiger partial charge in [-0.1, -0.05) is 6.07 Å². The molecule has 6 nitrogen and oxygen atoms in total. The number of hydrogen-bond donors (Lipinski definition) is 1. The molecule has 0 spiro atoms. The van der Waals surface area contributed by atoms with Gasteiger partial charge in [-0.25, -0.2) is 16.8 Å². The fourth-order valence-corrected chi connectivity index (χ4v) is 5.16. The van der Waals surface area contributed by atoms with E-state index in [0.29, 0.717) is 9.47 Å². The first kappa shape index (κ1) is 17.3. The first-order valence-corrected chi connectivity index (χ1v) is 10.9. The van der Waals surface area contributed by atoms with Crippen LogP contribution in [0.4, 0.5) is 11.4 Å². The standard InChI is InChI=1S/C12H13BrN2O4S3/c1-15(21(2,16)17)10-5-3-4-9(8-10)14-22(18,19)12-7-6-11(13)20-12/h3-8,14H,1-2H3. The second kappa shape index (κ2) is 6.19. The van der Waals surface area contributed by atoms with Crippen molar-refractivity contribution in [3.63, 3.8) is 0 Å². The zero-order valence-electron chi connectivity index (χ0n) is 11.6. The van der Waals surface area contributed by atoms with Gasteiger partial charge in [0.15, 0.2) is 0 Å². The molecule has 0 saturated heterocycles. The summed E-state index contributed by atoms with van der Waals surface area (Å²) in [5.41, 5.74) is 0.660. The summed E-state index contributed by atoms with van der Waals surface area (Å²) in [6, 6.07) is 9.32. The van der Waals surface area contributed by atoms with Crippen LogP contribution in [0.15, 0.2) is 44.4 Å². The lowest BCUT2D eigenvalue weighted by atomic mass is 10.3. The van der Waals surface area contributed by atoms with Gasteiger partial charge in [0.2, 0.25) is 10.0 Å². The number of thiophene rings is 1. The highest BCUT2D eigenvalue weighted by Crippen LogP contribution is 2.28. The maximum absolute atomic E-state index is 12.2. The fraction of sp³-hybridized carbons (Fsp3) is 0.167. The molecular weight excluding hydrogens is 412 g/mol. The van der Waals surface area contributed by atoms with Gasteiger partial charge >= 0.3 is 0 Å². The Morgan fingerprint density at radius 2 is 1.82 bits per heavy atom. The SMILES string of the molecule is CN(c1cccc(NS(=O)(=O)c2ccc(Br)s2)c1)S(C)(=O)=O. The second-order valence-electron chi connectivity index (χ2n) is 4.44. The van der Waals surface area contributed by atoms with Crippen LogP contribution in [0, 0.1) is 0 Å². The Morgan fingerprint density at radius 3 is 2.36 bits per heavy atom. The first-order valence-electron chi connectivity index (χ1n) is 5.92. The van der Waals surface area contributed by atoms with E-state index in [0.717, 1.165) is 21.9 Å². The summed E-state index contributed by atoms with van der Waals surface area (Å²) >= 11 is 4.30. The van der Waals surface area contributed by atoms with E-state index < -0.39 is 20.0 Å². The van der Waals surface area contributed by atoms with Crippen molar-refractivity contribution in [2.45, 2.75) is 4.21 Å². The zero-order chi connectivity index (χ0) is 16.5. The summed E-state index contributed by atoms with van der Waals surface area (Å²) in [5, 5.41) is 0. The fourth-order valence-electron chi connectivity index (χ4n) is 1.60. The molecule has 0 fully saturated rings. The van der Waals surface area contributed by atoms with Gasteiger partial charge in [-0.2, -0.15) is 0 Å². The summed E-state index contributed by atoms with van der Waals surface area (Å²) in [6.45, 7) is 0. The Balaban J connectivity index is 2.31. The van der Waals surface area contributed by atoms with Crippen LogP contribution in [0.5, 0.6) is 0 Å². The minimum absolute atomic E-state index is 0.168. The predicted molar refractivity (Wildman–Crippen MR) is 92.5 cm³/mol.